The molecule has 0 unspecified atom stereocenters. The maximum Gasteiger partial charge on any atom is 0.558 e. The Morgan fingerprint density at radius 2 is 0.471 bits per heavy atom. The molecule has 0 fully saturated rings. The largest absolute Gasteiger partial charge is 0.558 e. The molecule has 0 heterocycles. The van der Waals surface area contributed by atoms with Crippen molar-refractivity contribution in [1.82, 2.24) is 0 Å². The van der Waals surface area contributed by atoms with E-state index >= 15 is 0 Å². The zero-order valence-corrected chi connectivity index (χ0v) is 12.2. The van der Waals surface area contributed by atoms with Crippen molar-refractivity contribution in [2.24, 2.45) is 11.0 Å². The average Bonchev–Trinajstić information content (AvgIpc) is 1.76. The molecule has 0 bridgehead atoms. The first-order valence-corrected chi connectivity index (χ1v) is 7.40. The van der Waals surface area contributed by atoms with E-state index in [-0.39, 0.29) is 16.5 Å². The van der Waals surface area contributed by atoms with Crippen LogP contribution in [-0.2, 0) is 16.5 Å². The zero-order chi connectivity index (χ0) is 14.3. The Kier molecular flexibility index (Phi) is 47.6. The molecule has 17 heteroatoms. The van der Waals surface area contributed by atoms with Crippen molar-refractivity contribution in [2.45, 2.75) is 0 Å². The maximum atomic E-state index is 10.2. The van der Waals surface area contributed by atoms with Gasteiger partial charge in [-0.15, -0.1) is 11.0 Å². The molecule has 0 rings (SSSR count). The van der Waals surface area contributed by atoms with Crippen molar-refractivity contribution in [3.63, 3.8) is 0 Å². The van der Waals surface area contributed by atoms with Crippen molar-refractivity contribution in [3.05, 3.63) is 0 Å². The fourth-order valence-corrected chi connectivity index (χ4v) is 0. The zero-order valence-electron chi connectivity index (χ0n) is 7.25. The fraction of sp³-hybridized carbons (Fsp3) is 0. The summed E-state index contributed by atoms with van der Waals surface area (Å²) in [6.07, 6.45) is 0. The first-order chi connectivity index (χ1) is 6.93. The van der Waals surface area contributed by atoms with Crippen LogP contribution >= 0.6 is 35.1 Å². The molecule has 0 aliphatic heterocycles. The van der Waals surface area contributed by atoms with Gasteiger partial charge in [0.15, 0.2) is 0 Å². The Morgan fingerprint density at radius 3 is 0.471 bits per heavy atom. The molecule has 114 valence electrons. The smallest absolute Gasteiger partial charge is 0.147 e. The van der Waals surface area contributed by atoms with E-state index in [2.05, 4.69) is 11.0 Å². The van der Waals surface area contributed by atoms with Crippen molar-refractivity contribution in [1.29, 1.82) is 0 Å². The summed E-state index contributed by atoms with van der Waals surface area (Å²) in [5.41, 5.74) is 7.76. The second kappa shape index (κ2) is 26.1. The van der Waals surface area contributed by atoms with E-state index < -0.39 is 35.1 Å². The van der Waals surface area contributed by atoms with Crippen molar-refractivity contribution < 1.29 is 58.5 Å². The summed E-state index contributed by atoms with van der Waals surface area (Å²) < 4.78 is 99.5. The average molecular weight is 409 g/mol. The van der Waals surface area contributed by atoms with Crippen LogP contribution in [0.1, 0.15) is 0 Å². The number of hydrogen-bond acceptors (Lipinski definition) is 2. The van der Waals surface area contributed by atoms with Gasteiger partial charge in [-0.25, -0.2) is 0 Å². The van der Waals surface area contributed by atoms with E-state index in [9.17, 15) is 42.0 Å². The number of nitrogens with two attached hydrogens (primary N) is 2. The minimum Gasteiger partial charge on any atom is -0.147 e. The second-order valence-corrected chi connectivity index (χ2v) is 3.02. The van der Waals surface area contributed by atoms with Gasteiger partial charge in [0, 0.05) is 41.7 Å². The van der Waals surface area contributed by atoms with Crippen LogP contribution in [0.3, 0.4) is 0 Å². The summed E-state index contributed by atoms with van der Waals surface area (Å²) >= 11 is 0. The summed E-state index contributed by atoms with van der Waals surface area (Å²) in [5.74, 6) is 0. The van der Waals surface area contributed by atoms with E-state index in [0.29, 0.717) is 0 Å². The van der Waals surface area contributed by atoms with Gasteiger partial charge in [0.1, 0.15) is 0 Å². The van der Waals surface area contributed by atoms with Crippen LogP contribution in [-0.4, -0.2) is 0 Å². The molecule has 0 radical (unpaired) electrons. The summed E-state index contributed by atoms with van der Waals surface area (Å²) in [6, 6.07) is 0. The molecule has 0 amide bonds. The molecule has 4 N–H and O–H groups in total. The molecule has 0 aliphatic carbocycles. The van der Waals surface area contributed by atoms with Gasteiger partial charge in [-0.3, -0.25) is 0 Å². The predicted octanol–water partition coefficient (Wildman–Crippen LogP) is 5.39. The first-order valence-electron chi connectivity index (χ1n) is 2.47. The third-order valence-corrected chi connectivity index (χ3v) is 0. The van der Waals surface area contributed by atoms with Gasteiger partial charge in [0.05, 0.1) is 0 Å². The molecular formula is H8F10N2NiP4+4. The SMILES string of the molecule is F[PH+](F)F.F[PH+](F)F.N[PH+](F)F.N[PH+](F)F.[Ni]. The van der Waals surface area contributed by atoms with Gasteiger partial charge in [0.2, 0.25) is 0 Å². The normalized spacial score (nSPS) is 8.47. The quantitative estimate of drug-likeness (QED) is 0.321. The van der Waals surface area contributed by atoms with Crippen molar-refractivity contribution >= 4 is 35.1 Å². The van der Waals surface area contributed by atoms with Crippen molar-refractivity contribution in [3.8, 4) is 0 Å². The van der Waals surface area contributed by atoms with Crippen molar-refractivity contribution in [2.75, 3.05) is 0 Å². The Labute approximate surface area is 105 Å². The van der Waals surface area contributed by atoms with E-state index in [1.807, 2.05) is 0 Å². The van der Waals surface area contributed by atoms with E-state index in [0.717, 1.165) is 0 Å². The second-order valence-electron chi connectivity index (χ2n) is 1.01. The Balaban J connectivity index is -0.0000000369. The Bertz CT molecular complexity index is 69.3. The molecule has 2 nitrogen and oxygen atoms in total. The number of hydrogen-bond donors (Lipinski definition) is 2. The fourth-order valence-electron chi connectivity index (χ4n) is 0. The van der Waals surface area contributed by atoms with E-state index in [1.54, 1.807) is 0 Å². The summed E-state index contributed by atoms with van der Waals surface area (Å²) in [6.45, 7) is 0. The molecular weight excluding hydrogens is 401 g/mol. The van der Waals surface area contributed by atoms with Gasteiger partial charge >= 0.3 is 35.1 Å². The van der Waals surface area contributed by atoms with Crippen LogP contribution in [0.4, 0.5) is 42.0 Å². The molecule has 0 aliphatic rings. The van der Waals surface area contributed by atoms with Gasteiger partial charge in [-0.2, -0.15) is 0 Å². The van der Waals surface area contributed by atoms with Gasteiger partial charge in [-0.05, 0) is 16.8 Å². The number of halogens is 10. The molecule has 0 aromatic heterocycles. The van der Waals surface area contributed by atoms with Crippen LogP contribution in [0.25, 0.3) is 0 Å². The van der Waals surface area contributed by atoms with E-state index in [4.69, 9.17) is 0 Å². The summed E-state index contributed by atoms with van der Waals surface area (Å²) in [4.78, 5) is 0. The third kappa shape index (κ3) is 2020. The minimum absolute atomic E-state index is 0. The monoisotopic (exact) mass is 408 g/mol. The summed E-state index contributed by atoms with van der Waals surface area (Å²) in [7, 11) is -15.5. The van der Waals surface area contributed by atoms with Crippen LogP contribution in [0.5, 0.6) is 0 Å². The number of rotatable bonds is 0. The maximum absolute atomic E-state index is 10.2. The van der Waals surface area contributed by atoms with Crippen LogP contribution in [0, 0.1) is 0 Å². The molecule has 17 heavy (non-hydrogen) atoms. The molecule has 0 saturated carbocycles. The first kappa shape index (κ1) is 31.0. The minimum atomic E-state index is -4.38. The molecule has 0 atom stereocenters. The van der Waals surface area contributed by atoms with E-state index in [1.165, 1.54) is 0 Å². The molecule has 0 saturated heterocycles. The van der Waals surface area contributed by atoms with Gasteiger partial charge < -0.3 is 0 Å². The standard InChI is InChI=1S/2F3HP.2F2H2NP.Ni/c4*1-4(2)3;/h2*4H;2*3H2;/q2*+1;;;/p+2. The Morgan fingerprint density at radius 1 is 0.471 bits per heavy atom. The predicted molar refractivity (Wildman–Crippen MR) is 52.7 cm³/mol. The third-order valence-electron chi connectivity index (χ3n) is 0. The van der Waals surface area contributed by atoms with Crippen LogP contribution < -0.4 is 11.0 Å². The molecule has 0 aromatic rings. The summed E-state index contributed by atoms with van der Waals surface area (Å²) in [5, 5.41) is 0. The van der Waals surface area contributed by atoms with Gasteiger partial charge in [0.25, 0.3) is 0 Å². The van der Waals surface area contributed by atoms with Crippen LogP contribution in [0.2, 0.25) is 0 Å². The molecule has 0 aromatic carbocycles. The molecule has 0 spiro atoms. The van der Waals surface area contributed by atoms with Gasteiger partial charge in [-0.1, -0.05) is 0 Å². The Hall–Kier alpha value is 1.43. The van der Waals surface area contributed by atoms with Crippen LogP contribution in [0.15, 0.2) is 0 Å². The topological polar surface area (TPSA) is 52.0 Å².